The fourth-order valence-corrected chi connectivity index (χ4v) is 2.40. The number of hydrogen-bond acceptors (Lipinski definition) is 1. The molecule has 0 N–H and O–H groups in total. The average molecular weight is 288 g/mol. The topological polar surface area (TPSA) is 20.3 Å². The summed E-state index contributed by atoms with van der Waals surface area (Å²) in [6.07, 6.45) is 0. The zero-order chi connectivity index (χ0) is 14.7. The average Bonchev–Trinajstić information content (AvgIpc) is 2.46. The molecule has 0 saturated heterocycles. The molecule has 2 aromatic rings. The second kappa shape index (κ2) is 6.10. The monoisotopic (exact) mass is 287 g/mol. The number of amides is 1. The number of carbonyl (C=O) groups excluding carboxylic acids is 1. The number of benzene rings is 2. The van der Waals surface area contributed by atoms with Crippen molar-refractivity contribution >= 4 is 23.2 Å². The Kier molecular flexibility index (Phi) is 4.46. The number of rotatable bonds is 3. The number of anilines is 1. The first-order valence-electron chi connectivity index (χ1n) is 6.53. The van der Waals surface area contributed by atoms with E-state index in [0.717, 1.165) is 16.8 Å². The smallest absolute Gasteiger partial charge is 0.258 e. The summed E-state index contributed by atoms with van der Waals surface area (Å²) in [4.78, 5) is 14.2. The van der Waals surface area contributed by atoms with Crippen LogP contribution in [0.2, 0.25) is 0 Å². The van der Waals surface area contributed by atoms with Gasteiger partial charge in [0, 0.05) is 24.2 Å². The zero-order valence-electron chi connectivity index (χ0n) is 12.0. The molecule has 2 rings (SSSR count). The van der Waals surface area contributed by atoms with Crippen molar-refractivity contribution in [3.8, 4) is 0 Å². The van der Waals surface area contributed by atoms with Gasteiger partial charge in [0.1, 0.15) is 0 Å². The van der Waals surface area contributed by atoms with Gasteiger partial charge in [0.05, 0.1) is 0 Å². The first kappa shape index (κ1) is 14.6. The molecular weight excluding hydrogens is 270 g/mol. The van der Waals surface area contributed by atoms with E-state index in [-0.39, 0.29) is 5.91 Å². The van der Waals surface area contributed by atoms with E-state index >= 15 is 0 Å². The summed E-state index contributed by atoms with van der Waals surface area (Å²) >= 11 is 5.76. The van der Waals surface area contributed by atoms with Crippen LogP contribution in [0.5, 0.6) is 0 Å². The van der Waals surface area contributed by atoms with Crippen molar-refractivity contribution in [2.75, 3.05) is 11.9 Å². The van der Waals surface area contributed by atoms with E-state index in [4.69, 9.17) is 11.6 Å². The minimum Gasteiger partial charge on any atom is -0.311 e. The summed E-state index contributed by atoms with van der Waals surface area (Å²) in [6, 6.07) is 13.5. The van der Waals surface area contributed by atoms with Crippen LogP contribution in [-0.4, -0.2) is 13.0 Å². The fraction of sp³-hybridized carbons (Fsp3) is 0.235. The molecule has 2 aromatic carbocycles. The lowest BCUT2D eigenvalue weighted by Gasteiger charge is -2.20. The van der Waals surface area contributed by atoms with Gasteiger partial charge in [-0.1, -0.05) is 29.8 Å². The summed E-state index contributed by atoms with van der Waals surface area (Å²) in [5.41, 5.74) is 4.90. The molecule has 0 aliphatic rings. The van der Waals surface area contributed by atoms with E-state index < -0.39 is 0 Å². The summed E-state index contributed by atoms with van der Waals surface area (Å²) in [6.45, 7) is 4.06. The quantitative estimate of drug-likeness (QED) is 0.770. The third kappa shape index (κ3) is 3.02. The molecule has 0 atom stereocenters. The highest BCUT2D eigenvalue weighted by Crippen LogP contribution is 2.22. The third-order valence-corrected chi connectivity index (χ3v) is 3.68. The Morgan fingerprint density at radius 3 is 2.30 bits per heavy atom. The standard InChI is InChI=1S/C17H18ClNO/c1-12-4-9-16(13(2)10-12)19(3)17(20)15-7-5-14(11-18)6-8-15/h4-10H,11H2,1-3H3. The molecule has 0 bridgehead atoms. The van der Waals surface area contributed by atoms with Crippen molar-refractivity contribution < 1.29 is 4.79 Å². The number of carbonyl (C=O) groups is 1. The van der Waals surface area contributed by atoms with E-state index in [1.807, 2.05) is 50.2 Å². The van der Waals surface area contributed by atoms with Crippen molar-refractivity contribution in [3.05, 3.63) is 64.7 Å². The van der Waals surface area contributed by atoms with Gasteiger partial charge in [0.15, 0.2) is 0 Å². The Morgan fingerprint density at radius 1 is 1.10 bits per heavy atom. The van der Waals surface area contributed by atoms with Crippen LogP contribution in [0, 0.1) is 13.8 Å². The molecule has 0 aliphatic heterocycles. The molecule has 1 amide bonds. The van der Waals surface area contributed by atoms with Crippen LogP contribution in [-0.2, 0) is 5.88 Å². The Hall–Kier alpha value is -1.80. The molecule has 0 aromatic heterocycles. The van der Waals surface area contributed by atoms with Crippen LogP contribution in [0.15, 0.2) is 42.5 Å². The molecule has 2 nitrogen and oxygen atoms in total. The summed E-state index contributed by atoms with van der Waals surface area (Å²) in [5.74, 6) is 0.444. The molecule has 0 saturated carbocycles. The van der Waals surface area contributed by atoms with Gasteiger partial charge in [-0.15, -0.1) is 11.6 Å². The van der Waals surface area contributed by atoms with Crippen LogP contribution in [0.1, 0.15) is 27.0 Å². The molecule has 0 radical (unpaired) electrons. The molecular formula is C17H18ClNO. The third-order valence-electron chi connectivity index (χ3n) is 3.37. The molecule has 20 heavy (non-hydrogen) atoms. The Morgan fingerprint density at radius 2 is 1.75 bits per heavy atom. The minimum atomic E-state index is -0.0157. The maximum Gasteiger partial charge on any atom is 0.258 e. The number of halogens is 1. The summed E-state index contributed by atoms with van der Waals surface area (Å²) in [7, 11) is 1.80. The minimum absolute atomic E-state index is 0.0157. The lowest BCUT2D eigenvalue weighted by atomic mass is 10.1. The van der Waals surface area contributed by atoms with Gasteiger partial charge in [-0.05, 0) is 43.2 Å². The number of aryl methyl sites for hydroxylation is 2. The number of nitrogens with zero attached hydrogens (tertiary/aromatic N) is 1. The van der Waals surface area contributed by atoms with Crippen LogP contribution in [0.25, 0.3) is 0 Å². The van der Waals surface area contributed by atoms with Gasteiger partial charge in [0.25, 0.3) is 5.91 Å². The van der Waals surface area contributed by atoms with E-state index in [1.54, 1.807) is 11.9 Å². The van der Waals surface area contributed by atoms with Crippen LogP contribution in [0.3, 0.4) is 0 Å². The van der Waals surface area contributed by atoms with Crippen molar-refractivity contribution in [3.63, 3.8) is 0 Å². The predicted octanol–water partition coefficient (Wildman–Crippen LogP) is 4.32. The van der Waals surface area contributed by atoms with Gasteiger partial charge >= 0.3 is 0 Å². The van der Waals surface area contributed by atoms with Gasteiger partial charge in [0.2, 0.25) is 0 Å². The van der Waals surface area contributed by atoms with Crippen LogP contribution < -0.4 is 4.90 Å². The number of alkyl halides is 1. The molecule has 0 aliphatic carbocycles. The molecule has 104 valence electrons. The summed E-state index contributed by atoms with van der Waals surface area (Å²) < 4.78 is 0. The first-order chi connectivity index (χ1) is 9.52. The van der Waals surface area contributed by atoms with Crippen LogP contribution in [0.4, 0.5) is 5.69 Å². The molecule has 0 spiro atoms. The first-order valence-corrected chi connectivity index (χ1v) is 7.06. The predicted molar refractivity (Wildman–Crippen MR) is 84.6 cm³/mol. The van der Waals surface area contributed by atoms with E-state index in [0.29, 0.717) is 11.4 Å². The maximum absolute atomic E-state index is 12.5. The van der Waals surface area contributed by atoms with Crippen molar-refractivity contribution in [2.45, 2.75) is 19.7 Å². The van der Waals surface area contributed by atoms with E-state index in [1.165, 1.54) is 5.56 Å². The van der Waals surface area contributed by atoms with Gasteiger partial charge in [-0.2, -0.15) is 0 Å². The molecule has 0 fully saturated rings. The van der Waals surface area contributed by atoms with Gasteiger partial charge in [-0.25, -0.2) is 0 Å². The largest absolute Gasteiger partial charge is 0.311 e. The van der Waals surface area contributed by atoms with Crippen molar-refractivity contribution in [1.29, 1.82) is 0 Å². The highest BCUT2D eigenvalue weighted by Gasteiger charge is 2.15. The molecule has 0 heterocycles. The summed E-state index contributed by atoms with van der Waals surface area (Å²) in [5, 5.41) is 0. The lowest BCUT2D eigenvalue weighted by molar-refractivity contribution is 0.0993. The highest BCUT2D eigenvalue weighted by atomic mass is 35.5. The fourth-order valence-electron chi connectivity index (χ4n) is 2.22. The maximum atomic E-state index is 12.5. The molecule has 3 heteroatoms. The Labute approximate surface area is 125 Å². The highest BCUT2D eigenvalue weighted by molar-refractivity contribution is 6.17. The second-order valence-electron chi connectivity index (χ2n) is 4.98. The van der Waals surface area contributed by atoms with Crippen molar-refractivity contribution in [2.24, 2.45) is 0 Å². The number of hydrogen-bond donors (Lipinski definition) is 0. The second-order valence-corrected chi connectivity index (χ2v) is 5.25. The van der Waals surface area contributed by atoms with Crippen LogP contribution >= 0.6 is 11.6 Å². The Balaban J connectivity index is 2.27. The normalized spacial score (nSPS) is 10.4. The SMILES string of the molecule is Cc1ccc(N(C)C(=O)c2ccc(CCl)cc2)c(C)c1. The van der Waals surface area contributed by atoms with Gasteiger partial charge < -0.3 is 4.90 Å². The van der Waals surface area contributed by atoms with Crippen molar-refractivity contribution in [1.82, 2.24) is 0 Å². The molecule has 0 unspecified atom stereocenters. The Bertz CT molecular complexity index is 619. The zero-order valence-corrected chi connectivity index (χ0v) is 12.7. The van der Waals surface area contributed by atoms with Gasteiger partial charge in [-0.3, -0.25) is 4.79 Å². The van der Waals surface area contributed by atoms with E-state index in [2.05, 4.69) is 6.07 Å². The lowest BCUT2D eigenvalue weighted by Crippen LogP contribution is -2.26. The van der Waals surface area contributed by atoms with E-state index in [9.17, 15) is 4.79 Å².